The van der Waals surface area contributed by atoms with E-state index in [4.69, 9.17) is 28.1 Å². The molecule has 11 heteroatoms. The minimum Gasteiger partial charge on any atom is -0.483 e. The molecule has 5 aliphatic rings. The van der Waals surface area contributed by atoms with Crippen LogP contribution in [-0.2, 0) is 38.1 Å². The quantitative estimate of drug-likeness (QED) is 0.204. The van der Waals surface area contributed by atoms with E-state index in [0.717, 1.165) is 11.1 Å². The zero-order chi connectivity index (χ0) is 36.1. The number of esters is 4. The molecular weight excluding hydrogens is 632 g/mol. The zero-order valence-electron chi connectivity index (χ0n) is 30.2. The van der Waals surface area contributed by atoms with E-state index >= 15 is 0 Å². The Kier molecular flexibility index (Phi) is 6.63. The summed E-state index contributed by atoms with van der Waals surface area (Å²) >= 11 is 0. The number of benzene rings is 1. The number of rotatable bonds is 5. The molecule has 7 rings (SSSR count). The van der Waals surface area contributed by atoms with E-state index in [1.54, 1.807) is 33.8 Å². The van der Waals surface area contributed by atoms with Gasteiger partial charge >= 0.3 is 29.5 Å². The fourth-order valence-corrected chi connectivity index (χ4v) is 9.38. The number of carbonyl (C=O) groups excluding carboxylic acids is 4. The van der Waals surface area contributed by atoms with E-state index in [-0.39, 0.29) is 29.9 Å². The molecule has 4 bridgehead atoms. The van der Waals surface area contributed by atoms with Gasteiger partial charge in [-0.25, -0.2) is 14.4 Å². The highest BCUT2D eigenvalue weighted by Gasteiger charge is 2.78. The normalized spacial score (nSPS) is 35.9. The smallest absolute Gasteiger partial charge is 0.351 e. The summed E-state index contributed by atoms with van der Waals surface area (Å²) in [5.41, 5.74) is -6.84. The third-order valence-corrected chi connectivity index (χ3v) is 13.8. The molecule has 4 fully saturated rings. The van der Waals surface area contributed by atoms with Gasteiger partial charge < -0.3 is 28.1 Å². The number of hydrogen-bond acceptors (Lipinski definition) is 11. The van der Waals surface area contributed by atoms with Crippen molar-refractivity contribution in [2.24, 2.45) is 21.7 Å². The zero-order valence-corrected chi connectivity index (χ0v) is 30.2. The summed E-state index contributed by atoms with van der Waals surface area (Å²) in [7, 11) is 0. The van der Waals surface area contributed by atoms with Crippen LogP contribution in [0.2, 0.25) is 0 Å². The maximum absolute atomic E-state index is 14.6. The van der Waals surface area contributed by atoms with Crippen LogP contribution in [0.15, 0.2) is 21.3 Å². The molecule has 0 amide bonds. The Morgan fingerprint density at radius 2 is 1.27 bits per heavy atom. The molecule has 2 aliphatic carbocycles. The summed E-state index contributed by atoms with van der Waals surface area (Å²) in [6.45, 7) is 20.1. The molecule has 4 unspecified atom stereocenters. The maximum Gasteiger partial charge on any atom is 0.351 e. The van der Waals surface area contributed by atoms with Crippen molar-refractivity contribution in [2.75, 3.05) is 0 Å². The Labute approximate surface area is 285 Å². The molecule has 0 spiro atoms. The van der Waals surface area contributed by atoms with Crippen molar-refractivity contribution in [3.63, 3.8) is 0 Å². The van der Waals surface area contributed by atoms with Crippen LogP contribution in [0, 0.1) is 28.6 Å². The summed E-state index contributed by atoms with van der Waals surface area (Å²) in [6.07, 6.45) is -1.30. The summed E-state index contributed by atoms with van der Waals surface area (Å²) in [6, 6.07) is 3.25. The minimum absolute atomic E-state index is 0.0669. The SMILES string of the molecule is Cc1cc2c(c3oc(=O)cc(C(C)C)c13)[C@@H](OC(=O)C13CCC(C)(C(=O)O1)C3(C)C)[C@@H](OC(=O)C13CCC(C)(C(=O)O1)C3(C)C)C(C)(C)O2. The Morgan fingerprint density at radius 1 is 0.755 bits per heavy atom. The third kappa shape index (κ3) is 3.82. The van der Waals surface area contributed by atoms with Crippen molar-refractivity contribution in [2.45, 2.75) is 137 Å². The largest absolute Gasteiger partial charge is 0.483 e. The Hall–Kier alpha value is -3.89. The molecule has 264 valence electrons. The van der Waals surface area contributed by atoms with Crippen molar-refractivity contribution < 1.29 is 47.3 Å². The van der Waals surface area contributed by atoms with Crippen LogP contribution in [0.3, 0.4) is 0 Å². The van der Waals surface area contributed by atoms with E-state index < -0.39 is 80.2 Å². The van der Waals surface area contributed by atoms with E-state index in [2.05, 4.69) is 0 Å². The van der Waals surface area contributed by atoms with Crippen LogP contribution >= 0.6 is 0 Å². The van der Waals surface area contributed by atoms with Crippen molar-refractivity contribution >= 4 is 34.8 Å². The summed E-state index contributed by atoms with van der Waals surface area (Å²) in [4.78, 5) is 68.4. The lowest BCUT2D eigenvalue weighted by Gasteiger charge is -2.46. The lowest BCUT2D eigenvalue weighted by Crippen LogP contribution is -2.57. The Morgan fingerprint density at radius 3 is 1.71 bits per heavy atom. The molecule has 2 saturated carbocycles. The second-order valence-electron chi connectivity index (χ2n) is 17.2. The molecule has 49 heavy (non-hydrogen) atoms. The topological polar surface area (TPSA) is 145 Å². The number of fused-ring (bicyclic) bond motifs is 7. The molecule has 4 heterocycles. The number of carbonyl (C=O) groups is 4. The van der Waals surface area contributed by atoms with Crippen LogP contribution < -0.4 is 10.4 Å². The average Bonchev–Trinajstić information content (AvgIpc) is 3.46. The van der Waals surface area contributed by atoms with E-state index in [9.17, 15) is 24.0 Å². The van der Waals surface area contributed by atoms with Gasteiger partial charge in [0, 0.05) is 22.3 Å². The van der Waals surface area contributed by atoms with Crippen molar-refractivity contribution in [3.05, 3.63) is 39.2 Å². The predicted octanol–water partition coefficient (Wildman–Crippen LogP) is 6.14. The molecule has 2 aromatic rings. The Balaban J connectivity index is 1.41. The Bertz CT molecular complexity index is 1930. The van der Waals surface area contributed by atoms with Crippen LogP contribution in [0.5, 0.6) is 5.75 Å². The number of ether oxygens (including phenoxy) is 5. The van der Waals surface area contributed by atoms with Gasteiger partial charge in [0.2, 0.25) is 11.2 Å². The van der Waals surface area contributed by atoms with Gasteiger partial charge in [0.05, 0.1) is 16.4 Å². The van der Waals surface area contributed by atoms with Gasteiger partial charge in [0.15, 0.2) is 12.2 Å². The molecule has 0 N–H and O–H groups in total. The second-order valence-corrected chi connectivity index (χ2v) is 17.2. The summed E-state index contributed by atoms with van der Waals surface area (Å²) in [5.74, 6) is -2.29. The molecule has 2 saturated heterocycles. The standard InChI is InChI=1S/C38H46O11/c1-18(2)20-17-22(39)44-25-23(20)19(3)16-21-24(25)26(45-30(42)37-14-12-35(10,28(40)48-37)33(37,6)7)27(32(4,5)47-21)46-31(43)38-15-13-36(11,29(41)49-38)34(38,8)9/h16-18,26-27H,12-15H2,1-11H3/t26-,27-,35?,36?,37?,38?/m1/s1. The van der Waals surface area contributed by atoms with Gasteiger partial charge in [-0.05, 0) is 83.4 Å². The first-order valence-corrected chi connectivity index (χ1v) is 17.2. The lowest BCUT2D eigenvalue weighted by atomic mass is 9.66. The second kappa shape index (κ2) is 9.66. The molecule has 0 radical (unpaired) electrons. The lowest BCUT2D eigenvalue weighted by molar-refractivity contribution is -0.217. The first-order valence-electron chi connectivity index (χ1n) is 17.2. The minimum atomic E-state index is -1.60. The summed E-state index contributed by atoms with van der Waals surface area (Å²) < 4.78 is 37.1. The van der Waals surface area contributed by atoms with Crippen LogP contribution in [0.25, 0.3) is 11.0 Å². The first-order chi connectivity index (χ1) is 22.5. The van der Waals surface area contributed by atoms with Gasteiger partial charge in [0.25, 0.3) is 0 Å². The first kappa shape index (κ1) is 33.6. The average molecular weight is 679 g/mol. The van der Waals surface area contributed by atoms with Crippen LogP contribution in [-0.4, -0.2) is 46.8 Å². The van der Waals surface area contributed by atoms with E-state index in [0.29, 0.717) is 24.0 Å². The molecule has 1 aromatic carbocycles. The fraction of sp³-hybridized carbons (Fsp3) is 0.658. The number of hydrogen-bond donors (Lipinski definition) is 0. The van der Waals surface area contributed by atoms with Gasteiger partial charge in [-0.1, -0.05) is 41.5 Å². The van der Waals surface area contributed by atoms with Gasteiger partial charge in [-0.2, -0.15) is 0 Å². The third-order valence-electron chi connectivity index (χ3n) is 13.8. The number of aryl methyl sites for hydroxylation is 1. The fourth-order valence-electron chi connectivity index (χ4n) is 9.38. The highest BCUT2D eigenvalue weighted by Crippen LogP contribution is 2.67. The summed E-state index contributed by atoms with van der Waals surface area (Å²) in [5, 5.41) is 0.651. The predicted molar refractivity (Wildman–Crippen MR) is 175 cm³/mol. The van der Waals surface area contributed by atoms with Crippen molar-refractivity contribution in [1.29, 1.82) is 0 Å². The molecule has 3 aliphatic heterocycles. The molecule has 11 nitrogen and oxygen atoms in total. The molecule has 1 aromatic heterocycles. The van der Waals surface area contributed by atoms with Gasteiger partial charge in [0.1, 0.15) is 16.9 Å². The van der Waals surface area contributed by atoms with Gasteiger partial charge in [-0.3, -0.25) is 9.59 Å². The van der Waals surface area contributed by atoms with Crippen LogP contribution in [0.1, 0.15) is 124 Å². The van der Waals surface area contributed by atoms with E-state index in [1.165, 1.54) is 6.07 Å². The monoisotopic (exact) mass is 678 g/mol. The van der Waals surface area contributed by atoms with E-state index in [1.807, 2.05) is 48.5 Å². The van der Waals surface area contributed by atoms with Gasteiger partial charge in [-0.15, -0.1) is 0 Å². The van der Waals surface area contributed by atoms with Crippen LogP contribution in [0.4, 0.5) is 0 Å². The highest BCUT2D eigenvalue weighted by molar-refractivity contribution is 5.96. The molecular formula is C38H46O11. The van der Waals surface area contributed by atoms with Crippen molar-refractivity contribution in [1.82, 2.24) is 0 Å². The maximum atomic E-state index is 14.6. The molecule has 6 atom stereocenters. The highest BCUT2D eigenvalue weighted by atomic mass is 16.7. The van der Waals surface area contributed by atoms with Crippen molar-refractivity contribution in [3.8, 4) is 5.75 Å².